The highest BCUT2D eigenvalue weighted by Crippen LogP contribution is 2.37. The second-order valence-electron chi connectivity index (χ2n) is 6.15. The Morgan fingerprint density at radius 3 is 2.38 bits per heavy atom. The molecule has 1 heterocycles. The number of sulfonamides is 1. The van der Waals surface area contributed by atoms with Crippen molar-refractivity contribution in [3.63, 3.8) is 0 Å². The van der Waals surface area contributed by atoms with Gasteiger partial charge in [0.25, 0.3) is 0 Å². The molecule has 5 nitrogen and oxygen atoms in total. The van der Waals surface area contributed by atoms with E-state index in [1.807, 2.05) is 12.1 Å². The number of rotatable bonds is 2. The van der Waals surface area contributed by atoms with Crippen LogP contribution in [0.2, 0.25) is 0 Å². The first kappa shape index (κ1) is 14.8. The fraction of sp³-hybridized carbons (Fsp3) is 0.600. The summed E-state index contributed by atoms with van der Waals surface area (Å²) in [4.78, 5) is 2.65. The zero-order valence-corrected chi connectivity index (χ0v) is 13.0. The van der Waals surface area contributed by atoms with Crippen LogP contribution in [-0.4, -0.2) is 33.6 Å². The molecule has 1 spiro atoms. The smallest absolute Gasteiger partial charge is 0.238 e. The highest BCUT2D eigenvalue weighted by atomic mass is 32.2. The lowest BCUT2D eigenvalue weighted by Gasteiger charge is -2.51. The van der Waals surface area contributed by atoms with Crippen LogP contribution in [0.4, 0.5) is 5.69 Å². The fourth-order valence-electron chi connectivity index (χ4n) is 3.72. The van der Waals surface area contributed by atoms with Gasteiger partial charge in [-0.3, -0.25) is 0 Å². The molecule has 1 aliphatic heterocycles. The van der Waals surface area contributed by atoms with E-state index in [-0.39, 0.29) is 10.4 Å². The van der Waals surface area contributed by atoms with Crippen LogP contribution in [0.1, 0.15) is 32.1 Å². The molecule has 116 valence electrons. The molecule has 2 fully saturated rings. The summed E-state index contributed by atoms with van der Waals surface area (Å²) >= 11 is 0. The monoisotopic (exact) mass is 309 g/mol. The van der Waals surface area contributed by atoms with Crippen molar-refractivity contribution in [2.75, 3.05) is 24.5 Å². The van der Waals surface area contributed by atoms with Gasteiger partial charge in [0.1, 0.15) is 0 Å². The molecule has 1 aliphatic carbocycles. The third kappa shape index (κ3) is 2.93. The summed E-state index contributed by atoms with van der Waals surface area (Å²) in [7, 11) is -3.61. The molecular weight excluding hydrogens is 286 g/mol. The number of hydrogen-bond acceptors (Lipinski definition) is 4. The van der Waals surface area contributed by atoms with E-state index in [0.717, 1.165) is 25.3 Å². The van der Waals surface area contributed by atoms with Gasteiger partial charge in [-0.15, -0.1) is 0 Å². The number of nitrogens with zero attached hydrogens (tertiary/aromatic N) is 1. The molecule has 0 unspecified atom stereocenters. The Balaban J connectivity index is 1.90. The Morgan fingerprint density at radius 2 is 1.76 bits per heavy atom. The Labute approximate surface area is 126 Å². The van der Waals surface area contributed by atoms with Crippen molar-refractivity contribution in [1.82, 2.24) is 5.32 Å². The van der Waals surface area contributed by atoms with Gasteiger partial charge in [0, 0.05) is 25.3 Å². The number of primary sulfonamides is 1. The molecule has 0 amide bonds. The molecule has 1 saturated carbocycles. The Morgan fingerprint density at radius 1 is 1.10 bits per heavy atom. The number of benzene rings is 1. The average Bonchev–Trinajstić information content (AvgIpc) is 2.48. The minimum absolute atomic E-state index is 0.180. The van der Waals surface area contributed by atoms with Gasteiger partial charge >= 0.3 is 0 Å². The van der Waals surface area contributed by atoms with Crippen molar-refractivity contribution < 1.29 is 8.42 Å². The van der Waals surface area contributed by atoms with Crippen LogP contribution in [0.25, 0.3) is 0 Å². The van der Waals surface area contributed by atoms with Crippen LogP contribution in [0, 0.1) is 0 Å². The lowest BCUT2D eigenvalue weighted by Crippen LogP contribution is -2.62. The zero-order valence-electron chi connectivity index (χ0n) is 12.2. The lowest BCUT2D eigenvalue weighted by atomic mass is 9.78. The summed E-state index contributed by atoms with van der Waals surface area (Å²) < 4.78 is 22.7. The maximum Gasteiger partial charge on any atom is 0.238 e. The van der Waals surface area contributed by atoms with Crippen LogP contribution in [0.5, 0.6) is 0 Å². The minimum atomic E-state index is -3.61. The Bertz CT molecular complexity index is 584. The van der Waals surface area contributed by atoms with E-state index in [1.54, 1.807) is 12.1 Å². The van der Waals surface area contributed by atoms with Gasteiger partial charge in [0.2, 0.25) is 10.0 Å². The van der Waals surface area contributed by atoms with E-state index in [0.29, 0.717) is 0 Å². The van der Waals surface area contributed by atoms with E-state index >= 15 is 0 Å². The molecule has 6 heteroatoms. The van der Waals surface area contributed by atoms with E-state index in [2.05, 4.69) is 10.2 Å². The van der Waals surface area contributed by atoms with Gasteiger partial charge in [-0.1, -0.05) is 19.3 Å². The number of anilines is 1. The van der Waals surface area contributed by atoms with Crippen LogP contribution in [0.3, 0.4) is 0 Å². The molecule has 2 aliphatic rings. The highest BCUT2D eigenvalue weighted by molar-refractivity contribution is 7.89. The molecular formula is C15H23N3O2S. The molecule has 1 saturated heterocycles. The molecule has 0 aromatic heterocycles. The molecule has 3 N–H and O–H groups in total. The van der Waals surface area contributed by atoms with Crippen molar-refractivity contribution in [2.24, 2.45) is 5.14 Å². The van der Waals surface area contributed by atoms with Crippen molar-refractivity contribution in [2.45, 2.75) is 42.5 Å². The standard InChI is InChI=1S/C15H23N3O2S/c16-21(19,20)14-6-4-13(5-7-14)18-11-10-17-12-15(18)8-2-1-3-9-15/h4-7,17H,1-3,8-12H2,(H2,16,19,20). The van der Waals surface area contributed by atoms with E-state index in [1.165, 1.54) is 32.1 Å². The van der Waals surface area contributed by atoms with Gasteiger partial charge < -0.3 is 10.2 Å². The van der Waals surface area contributed by atoms with E-state index in [9.17, 15) is 8.42 Å². The molecule has 21 heavy (non-hydrogen) atoms. The predicted molar refractivity (Wildman–Crippen MR) is 83.8 cm³/mol. The zero-order chi connectivity index (χ0) is 14.9. The summed E-state index contributed by atoms with van der Waals surface area (Å²) in [6.07, 6.45) is 6.27. The molecule has 1 aromatic rings. The second kappa shape index (κ2) is 5.59. The predicted octanol–water partition coefficient (Wildman–Crippen LogP) is 1.45. The number of hydrogen-bond donors (Lipinski definition) is 2. The van der Waals surface area contributed by atoms with Crippen LogP contribution in [-0.2, 0) is 10.0 Å². The SMILES string of the molecule is NS(=O)(=O)c1ccc(N2CCNCC23CCCCC3)cc1. The van der Waals surface area contributed by atoms with Gasteiger partial charge in [-0.05, 0) is 37.1 Å². The molecule has 0 bridgehead atoms. The lowest BCUT2D eigenvalue weighted by molar-refractivity contribution is 0.241. The van der Waals surface area contributed by atoms with Crippen molar-refractivity contribution >= 4 is 15.7 Å². The van der Waals surface area contributed by atoms with Gasteiger partial charge in [-0.2, -0.15) is 0 Å². The molecule has 1 aromatic carbocycles. The largest absolute Gasteiger partial charge is 0.363 e. The fourth-order valence-corrected chi connectivity index (χ4v) is 4.24. The first-order valence-electron chi connectivity index (χ1n) is 7.63. The van der Waals surface area contributed by atoms with Crippen LogP contribution >= 0.6 is 0 Å². The average molecular weight is 309 g/mol. The summed E-state index contributed by atoms with van der Waals surface area (Å²) in [5.41, 5.74) is 1.30. The van der Waals surface area contributed by atoms with Crippen LogP contribution in [0.15, 0.2) is 29.2 Å². The Hall–Kier alpha value is -1.11. The number of nitrogens with one attached hydrogen (secondary N) is 1. The Kier molecular flexibility index (Phi) is 3.94. The van der Waals surface area contributed by atoms with E-state index in [4.69, 9.17) is 5.14 Å². The van der Waals surface area contributed by atoms with Gasteiger partial charge in [-0.25, -0.2) is 13.6 Å². The maximum absolute atomic E-state index is 11.4. The van der Waals surface area contributed by atoms with Crippen molar-refractivity contribution in [3.05, 3.63) is 24.3 Å². The second-order valence-corrected chi connectivity index (χ2v) is 7.71. The highest BCUT2D eigenvalue weighted by Gasteiger charge is 2.39. The minimum Gasteiger partial charge on any atom is -0.363 e. The molecule has 0 atom stereocenters. The van der Waals surface area contributed by atoms with Crippen molar-refractivity contribution in [1.29, 1.82) is 0 Å². The number of nitrogens with two attached hydrogens (primary N) is 1. The topological polar surface area (TPSA) is 75.4 Å². The maximum atomic E-state index is 11.4. The summed E-state index contributed by atoms with van der Waals surface area (Å²) in [5.74, 6) is 0. The molecule has 3 rings (SSSR count). The third-order valence-electron chi connectivity index (χ3n) is 4.80. The normalized spacial score (nSPS) is 22.4. The first-order valence-corrected chi connectivity index (χ1v) is 9.17. The van der Waals surface area contributed by atoms with Crippen LogP contribution < -0.4 is 15.4 Å². The van der Waals surface area contributed by atoms with E-state index < -0.39 is 10.0 Å². The third-order valence-corrected chi connectivity index (χ3v) is 5.73. The summed E-state index contributed by atoms with van der Waals surface area (Å²) in [5, 5.41) is 8.69. The molecule has 0 radical (unpaired) electrons. The summed E-state index contributed by atoms with van der Waals surface area (Å²) in [6, 6.07) is 7.01. The summed E-state index contributed by atoms with van der Waals surface area (Å²) in [6.45, 7) is 2.96. The van der Waals surface area contributed by atoms with Gasteiger partial charge in [0.15, 0.2) is 0 Å². The van der Waals surface area contributed by atoms with Gasteiger partial charge in [0.05, 0.1) is 10.4 Å². The quantitative estimate of drug-likeness (QED) is 0.867. The first-order chi connectivity index (χ1) is 10.0. The van der Waals surface area contributed by atoms with Crippen molar-refractivity contribution in [3.8, 4) is 0 Å². The number of piperazine rings is 1.